The molecule has 166 valence electrons. The highest BCUT2D eigenvalue weighted by Crippen LogP contribution is 2.41. The molecule has 1 aliphatic rings. The minimum absolute atomic E-state index is 0.0758. The first-order valence-electron chi connectivity index (χ1n) is 10.6. The van der Waals surface area contributed by atoms with Gasteiger partial charge in [-0.1, -0.05) is 35.9 Å². The maximum Gasteiger partial charge on any atom is 0.260 e. The number of hydrogen-bond donors (Lipinski definition) is 1. The van der Waals surface area contributed by atoms with Crippen LogP contribution in [0.15, 0.2) is 42.5 Å². The van der Waals surface area contributed by atoms with Crippen molar-refractivity contribution in [2.24, 2.45) is 0 Å². The molecule has 0 saturated carbocycles. The van der Waals surface area contributed by atoms with Crippen LogP contribution < -0.4 is 10.1 Å². The summed E-state index contributed by atoms with van der Waals surface area (Å²) in [6.45, 7) is 5.04. The van der Waals surface area contributed by atoms with Crippen molar-refractivity contribution in [1.29, 1.82) is 0 Å². The second-order valence-electron chi connectivity index (χ2n) is 7.87. The summed E-state index contributed by atoms with van der Waals surface area (Å²) >= 11 is 6.37. The van der Waals surface area contributed by atoms with Gasteiger partial charge in [-0.25, -0.2) is 0 Å². The minimum atomic E-state index is -0.728. The van der Waals surface area contributed by atoms with Crippen molar-refractivity contribution in [3.05, 3.63) is 58.6 Å². The van der Waals surface area contributed by atoms with E-state index in [2.05, 4.69) is 11.4 Å². The maximum atomic E-state index is 13.4. The second-order valence-corrected chi connectivity index (χ2v) is 8.27. The van der Waals surface area contributed by atoms with Gasteiger partial charge in [-0.2, -0.15) is 0 Å². The number of amides is 2. The molecule has 2 aromatic carbocycles. The van der Waals surface area contributed by atoms with Gasteiger partial charge in [-0.15, -0.1) is 0 Å². The van der Waals surface area contributed by atoms with Crippen molar-refractivity contribution >= 4 is 29.1 Å². The van der Waals surface area contributed by atoms with E-state index in [-0.39, 0.29) is 18.4 Å². The van der Waals surface area contributed by atoms with Crippen molar-refractivity contribution in [3.63, 3.8) is 0 Å². The molecule has 0 saturated heterocycles. The van der Waals surface area contributed by atoms with E-state index < -0.39 is 5.54 Å². The first-order valence-corrected chi connectivity index (χ1v) is 11.0. The molecule has 1 N–H and O–H groups in total. The monoisotopic (exact) mass is 443 g/mol. The molecule has 0 aromatic heterocycles. The topological polar surface area (TPSA) is 61.9 Å². The molecule has 2 amide bonds. The lowest BCUT2D eigenvalue weighted by Crippen LogP contribution is -2.49. The summed E-state index contributed by atoms with van der Waals surface area (Å²) in [5, 5.41) is 3.36. The minimum Gasteiger partial charge on any atom is -0.482 e. The number of aryl methyl sites for hydroxylation is 1. The predicted octanol–water partition coefficient (Wildman–Crippen LogP) is 3.93. The average molecular weight is 444 g/mol. The summed E-state index contributed by atoms with van der Waals surface area (Å²) in [4.78, 5) is 29.2. The van der Waals surface area contributed by atoms with Crippen LogP contribution in [0.25, 0.3) is 0 Å². The first kappa shape index (κ1) is 23.1. The Labute approximate surface area is 189 Å². The van der Waals surface area contributed by atoms with Gasteiger partial charge in [0.2, 0.25) is 5.91 Å². The summed E-state index contributed by atoms with van der Waals surface area (Å²) < 4.78 is 5.60. The molecule has 0 fully saturated rings. The van der Waals surface area contributed by atoms with Gasteiger partial charge in [-0.05, 0) is 70.1 Å². The van der Waals surface area contributed by atoms with Gasteiger partial charge in [0.25, 0.3) is 5.91 Å². The number of rotatable bonds is 8. The number of carbonyl (C=O) groups is 2. The van der Waals surface area contributed by atoms with Gasteiger partial charge < -0.3 is 15.0 Å². The molecule has 2 aromatic rings. The van der Waals surface area contributed by atoms with E-state index in [1.807, 2.05) is 51.0 Å². The number of hydrogen-bond acceptors (Lipinski definition) is 4. The quantitative estimate of drug-likeness (QED) is 0.671. The highest BCUT2D eigenvalue weighted by Gasteiger charge is 2.47. The van der Waals surface area contributed by atoms with E-state index in [1.165, 1.54) is 5.56 Å². The number of nitrogens with zero attached hydrogens (tertiary/aromatic N) is 2. The zero-order valence-electron chi connectivity index (χ0n) is 18.6. The number of nitrogens with one attached hydrogen (secondary N) is 1. The van der Waals surface area contributed by atoms with Crippen LogP contribution in [0.2, 0.25) is 5.02 Å². The summed E-state index contributed by atoms with van der Waals surface area (Å²) in [6.07, 6.45) is 1.57. The Kier molecular flexibility index (Phi) is 7.23. The summed E-state index contributed by atoms with van der Waals surface area (Å²) in [5.41, 5.74) is 2.10. The van der Waals surface area contributed by atoms with Crippen LogP contribution in [0.3, 0.4) is 0 Å². The van der Waals surface area contributed by atoms with Crippen LogP contribution >= 0.6 is 11.6 Å². The Morgan fingerprint density at radius 3 is 2.48 bits per heavy atom. The Hall–Kier alpha value is -2.57. The zero-order chi connectivity index (χ0) is 22.6. The lowest BCUT2D eigenvalue weighted by molar-refractivity contribution is -0.133. The SMILES string of the molecule is CCN(CC)C(=O)COc1ccc(NC(=O)C2(N(C)C)CCc3ccccc32)cc1Cl. The predicted molar refractivity (Wildman–Crippen MR) is 124 cm³/mol. The number of anilines is 1. The van der Waals surface area contributed by atoms with Crippen molar-refractivity contribution < 1.29 is 14.3 Å². The number of carbonyl (C=O) groups excluding carboxylic acids is 2. The maximum absolute atomic E-state index is 13.4. The van der Waals surface area contributed by atoms with Crippen LogP contribution in [0.4, 0.5) is 5.69 Å². The van der Waals surface area contributed by atoms with Crippen LogP contribution in [0.1, 0.15) is 31.4 Å². The standard InChI is InChI=1S/C24H30ClN3O3/c1-5-28(6-2)22(29)16-31-21-12-11-18(15-20(21)25)26-23(30)24(27(3)4)14-13-17-9-7-8-10-19(17)24/h7-12,15H,5-6,13-14,16H2,1-4H3,(H,26,30). The molecule has 3 rings (SSSR count). The fourth-order valence-corrected chi connectivity index (χ4v) is 4.47. The molecular formula is C24H30ClN3O3. The third-order valence-electron chi connectivity index (χ3n) is 6.02. The highest BCUT2D eigenvalue weighted by atomic mass is 35.5. The zero-order valence-corrected chi connectivity index (χ0v) is 19.3. The van der Waals surface area contributed by atoms with Crippen LogP contribution in [0, 0.1) is 0 Å². The van der Waals surface area contributed by atoms with Gasteiger partial charge in [-0.3, -0.25) is 14.5 Å². The third kappa shape index (κ3) is 4.55. The molecule has 0 radical (unpaired) electrons. The largest absolute Gasteiger partial charge is 0.482 e. The second kappa shape index (κ2) is 9.71. The molecule has 1 unspecified atom stereocenters. The summed E-state index contributed by atoms with van der Waals surface area (Å²) in [7, 11) is 3.86. The number of benzene rings is 2. The Balaban J connectivity index is 1.74. The molecular weight excluding hydrogens is 414 g/mol. The van der Waals surface area contributed by atoms with Gasteiger partial charge in [0.15, 0.2) is 6.61 Å². The highest BCUT2D eigenvalue weighted by molar-refractivity contribution is 6.32. The van der Waals surface area contributed by atoms with E-state index in [4.69, 9.17) is 16.3 Å². The fraction of sp³-hybridized carbons (Fsp3) is 0.417. The molecule has 0 bridgehead atoms. The number of likely N-dealkylation sites (N-methyl/N-ethyl adjacent to an activating group) is 2. The Bertz CT molecular complexity index is 959. The van der Waals surface area contributed by atoms with Gasteiger partial charge in [0.1, 0.15) is 11.3 Å². The Morgan fingerprint density at radius 2 is 1.84 bits per heavy atom. The lowest BCUT2D eigenvalue weighted by Gasteiger charge is -2.35. The van der Waals surface area contributed by atoms with E-state index in [1.54, 1.807) is 23.1 Å². The Morgan fingerprint density at radius 1 is 1.13 bits per heavy atom. The molecule has 1 atom stereocenters. The number of ether oxygens (including phenoxy) is 1. The molecule has 0 aliphatic heterocycles. The van der Waals surface area contributed by atoms with Gasteiger partial charge in [0, 0.05) is 18.8 Å². The van der Waals surface area contributed by atoms with E-state index >= 15 is 0 Å². The van der Waals surface area contributed by atoms with E-state index in [0.29, 0.717) is 36.0 Å². The number of fused-ring (bicyclic) bond motifs is 1. The lowest BCUT2D eigenvalue weighted by atomic mass is 9.89. The molecule has 6 nitrogen and oxygen atoms in total. The first-order chi connectivity index (χ1) is 14.8. The van der Waals surface area contributed by atoms with Crippen molar-refractivity contribution in [3.8, 4) is 5.75 Å². The van der Waals surface area contributed by atoms with Crippen molar-refractivity contribution in [1.82, 2.24) is 9.80 Å². The normalized spacial score (nSPS) is 17.4. The summed E-state index contributed by atoms with van der Waals surface area (Å²) in [5.74, 6) is 0.226. The molecule has 31 heavy (non-hydrogen) atoms. The molecule has 0 spiro atoms. The van der Waals surface area contributed by atoms with Crippen LogP contribution in [-0.4, -0.2) is 55.4 Å². The van der Waals surface area contributed by atoms with Gasteiger partial charge >= 0.3 is 0 Å². The van der Waals surface area contributed by atoms with Crippen molar-refractivity contribution in [2.45, 2.75) is 32.2 Å². The molecule has 7 heteroatoms. The van der Waals surface area contributed by atoms with Crippen LogP contribution in [0.5, 0.6) is 5.75 Å². The smallest absolute Gasteiger partial charge is 0.260 e. The average Bonchev–Trinajstić information content (AvgIpc) is 3.15. The van der Waals surface area contributed by atoms with Gasteiger partial charge in [0.05, 0.1) is 5.02 Å². The fourth-order valence-electron chi connectivity index (χ4n) is 4.23. The third-order valence-corrected chi connectivity index (χ3v) is 6.31. The molecule has 0 heterocycles. The van der Waals surface area contributed by atoms with E-state index in [9.17, 15) is 9.59 Å². The molecule has 1 aliphatic carbocycles. The van der Waals surface area contributed by atoms with Crippen LogP contribution in [-0.2, 0) is 21.5 Å². The van der Waals surface area contributed by atoms with E-state index in [0.717, 1.165) is 12.0 Å². The van der Waals surface area contributed by atoms with Crippen molar-refractivity contribution in [2.75, 3.05) is 39.1 Å². The summed E-state index contributed by atoms with van der Waals surface area (Å²) in [6, 6.07) is 13.2. The number of halogens is 1.